The van der Waals surface area contributed by atoms with E-state index >= 15 is 0 Å². The van der Waals surface area contributed by atoms with Gasteiger partial charge >= 0.3 is 6.01 Å². The van der Waals surface area contributed by atoms with Crippen molar-refractivity contribution in [3.05, 3.63) is 0 Å². The summed E-state index contributed by atoms with van der Waals surface area (Å²) >= 11 is 1.95. The Hall–Kier alpha value is -1.24. The molecule has 1 saturated heterocycles. The predicted octanol–water partition coefficient (Wildman–Crippen LogP) is 1.18. The summed E-state index contributed by atoms with van der Waals surface area (Å²) in [5, 5.41) is 0. The third-order valence-corrected chi connectivity index (χ3v) is 3.87. The summed E-state index contributed by atoms with van der Waals surface area (Å²) < 4.78 is 5.43. The molecule has 0 spiro atoms. The molecular weight excluding hydrogens is 250 g/mol. The Morgan fingerprint density at radius 2 is 2.28 bits per heavy atom. The number of nitrogen functional groups attached to an aromatic ring is 1. The lowest BCUT2D eigenvalue weighted by Gasteiger charge is -2.32. The van der Waals surface area contributed by atoms with Gasteiger partial charge in [-0.25, -0.2) is 0 Å². The molecular formula is C11H19N5OS. The quantitative estimate of drug-likeness (QED) is 0.879. The number of nitrogens with zero attached hydrogens (tertiary/aromatic N) is 4. The van der Waals surface area contributed by atoms with Gasteiger partial charge < -0.3 is 15.4 Å². The van der Waals surface area contributed by atoms with Crippen molar-refractivity contribution in [2.75, 3.05) is 35.3 Å². The van der Waals surface area contributed by atoms with Crippen molar-refractivity contribution >= 4 is 23.7 Å². The summed E-state index contributed by atoms with van der Waals surface area (Å²) in [6.07, 6.45) is 0.914. The van der Waals surface area contributed by atoms with Crippen LogP contribution in [0.5, 0.6) is 6.01 Å². The predicted molar refractivity (Wildman–Crippen MR) is 74.2 cm³/mol. The Kier molecular flexibility index (Phi) is 4.46. The fraction of sp³-hybridized carbons (Fsp3) is 0.727. The van der Waals surface area contributed by atoms with E-state index in [0.29, 0.717) is 24.6 Å². The molecule has 1 aliphatic heterocycles. The molecule has 0 saturated carbocycles. The molecule has 1 unspecified atom stereocenters. The van der Waals surface area contributed by atoms with Crippen LogP contribution in [0.4, 0.5) is 11.9 Å². The minimum absolute atomic E-state index is 0.219. The van der Waals surface area contributed by atoms with E-state index in [2.05, 4.69) is 26.8 Å². The molecule has 7 heteroatoms. The second kappa shape index (κ2) is 6.08. The molecule has 6 nitrogen and oxygen atoms in total. The van der Waals surface area contributed by atoms with Crippen LogP contribution in [0.2, 0.25) is 0 Å². The number of anilines is 2. The number of rotatable bonds is 4. The molecule has 0 bridgehead atoms. The number of nitrogens with two attached hydrogens (primary N) is 1. The first kappa shape index (κ1) is 13.2. The summed E-state index contributed by atoms with van der Waals surface area (Å²) in [5.41, 5.74) is 5.71. The van der Waals surface area contributed by atoms with Gasteiger partial charge in [0, 0.05) is 24.1 Å². The van der Waals surface area contributed by atoms with Gasteiger partial charge in [0.2, 0.25) is 11.9 Å². The maximum Gasteiger partial charge on any atom is 0.323 e. The van der Waals surface area contributed by atoms with Crippen LogP contribution in [0, 0.1) is 0 Å². The number of ether oxygens (including phenoxy) is 1. The molecule has 1 atom stereocenters. The molecule has 2 rings (SSSR count). The lowest BCUT2D eigenvalue weighted by atomic mass is 10.3. The smallest absolute Gasteiger partial charge is 0.323 e. The van der Waals surface area contributed by atoms with Crippen molar-refractivity contribution in [3.63, 3.8) is 0 Å². The zero-order valence-corrected chi connectivity index (χ0v) is 11.6. The molecule has 100 valence electrons. The van der Waals surface area contributed by atoms with Crippen molar-refractivity contribution in [3.8, 4) is 6.01 Å². The Labute approximate surface area is 111 Å². The molecule has 0 radical (unpaired) electrons. The highest BCUT2D eigenvalue weighted by Gasteiger charge is 2.22. The second-order valence-electron chi connectivity index (χ2n) is 4.24. The van der Waals surface area contributed by atoms with Crippen LogP contribution in [-0.4, -0.2) is 45.7 Å². The Morgan fingerprint density at radius 1 is 1.44 bits per heavy atom. The molecule has 1 aliphatic rings. The van der Waals surface area contributed by atoms with Gasteiger partial charge in [-0.2, -0.15) is 26.7 Å². The van der Waals surface area contributed by atoms with Gasteiger partial charge in [0.25, 0.3) is 0 Å². The molecule has 1 fully saturated rings. The van der Waals surface area contributed by atoms with E-state index in [0.717, 1.165) is 24.5 Å². The average Bonchev–Trinajstić information content (AvgIpc) is 2.36. The van der Waals surface area contributed by atoms with E-state index in [1.165, 1.54) is 0 Å². The summed E-state index contributed by atoms with van der Waals surface area (Å²) in [6, 6.07) is 0.731. The van der Waals surface area contributed by atoms with Gasteiger partial charge in [-0.1, -0.05) is 6.92 Å². The lowest BCUT2D eigenvalue weighted by Crippen LogP contribution is -2.41. The average molecular weight is 269 g/mol. The van der Waals surface area contributed by atoms with Gasteiger partial charge in [0.05, 0.1) is 6.61 Å². The van der Waals surface area contributed by atoms with Gasteiger partial charge in [0.15, 0.2) is 0 Å². The molecule has 1 aromatic heterocycles. The van der Waals surface area contributed by atoms with Crippen LogP contribution in [0.25, 0.3) is 0 Å². The normalized spacial score (nSPS) is 19.9. The van der Waals surface area contributed by atoms with Gasteiger partial charge in [0.1, 0.15) is 0 Å². The van der Waals surface area contributed by atoms with Crippen molar-refractivity contribution in [1.82, 2.24) is 15.0 Å². The minimum atomic E-state index is 0.219. The van der Waals surface area contributed by atoms with Crippen molar-refractivity contribution in [2.24, 2.45) is 0 Å². The van der Waals surface area contributed by atoms with Gasteiger partial charge in [-0.3, -0.25) is 0 Å². The zero-order chi connectivity index (χ0) is 13.0. The third kappa shape index (κ3) is 3.16. The van der Waals surface area contributed by atoms with E-state index in [9.17, 15) is 0 Å². The molecule has 0 aromatic carbocycles. The first-order valence-corrected chi connectivity index (χ1v) is 7.35. The molecule has 0 amide bonds. The standard InChI is InChI=1S/C11H19N5OS/c1-3-5-17-11-14-9(12)13-10(15-11)16-4-6-18-7-8(16)2/h8H,3-7H2,1-2H3,(H2,12,13,14,15). The fourth-order valence-corrected chi connectivity index (χ4v) is 2.79. The fourth-order valence-electron chi connectivity index (χ4n) is 1.77. The molecule has 18 heavy (non-hydrogen) atoms. The first-order chi connectivity index (χ1) is 8.70. The van der Waals surface area contributed by atoms with Crippen LogP contribution < -0.4 is 15.4 Å². The van der Waals surface area contributed by atoms with Gasteiger partial charge in [-0.05, 0) is 13.3 Å². The van der Waals surface area contributed by atoms with E-state index in [1.807, 2.05) is 18.7 Å². The number of hydrogen-bond donors (Lipinski definition) is 1. The second-order valence-corrected chi connectivity index (χ2v) is 5.39. The molecule has 2 heterocycles. The van der Waals surface area contributed by atoms with E-state index in [1.54, 1.807) is 0 Å². The third-order valence-electron chi connectivity index (χ3n) is 2.68. The summed E-state index contributed by atoms with van der Waals surface area (Å²) in [6.45, 7) is 5.73. The van der Waals surface area contributed by atoms with E-state index in [4.69, 9.17) is 10.5 Å². The Morgan fingerprint density at radius 3 is 3.00 bits per heavy atom. The van der Waals surface area contributed by atoms with Crippen LogP contribution in [0.15, 0.2) is 0 Å². The first-order valence-electron chi connectivity index (χ1n) is 6.19. The molecule has 2 N–H and O–H groups in total. The summed E-state index contributed by atoms with van der Waals surface area (Å²) in [4.78, 5) is 14.7. The Balaban J connectivity index is 2.18. The summed E-state index contributed by atoms with van der Waals surface area (Å²) in [7, 11) is 0. The van der Waals surface area contributed by atoms with Crippen LogP contribution in [-0.2, 0) is 0 Å². The Bertz CT molecular complexity index is 403. The van der Waals surface area contributed by atoms with Crippen LogP contribution in [0.1, 0.15) is 20.3 Å². The maximum absolute atomic E-state index is 5.71. The van der Waals surface area contributed by atoms with Crippen molar-refractivity contribution < 1.29 is 4.74 Å². The number of hydrogen-bond acceptors (Lipinski definition) is 7. The zero-order valence-electron chi connectivity index (χ0n) is 10.8. The van der Waals surface area contributed by atoms with Crippen LogP contribution >= 0.6 is 11.8 Å². The SMILES string of the molecule is CCCOc1nc(N)nc(N2CCSCC2C)n1. The molecule has 0 aliphatic carbocycles. The van der Waals surface area contributed by atoms with Crippen molar-refractivity contribution in [1.29, 1.82) is 0 Å². The highest BCUT2D eigenvalue weighted by atomic mass is 32.2. The lowest BCUT2D eigenvalue weighted by molar-refractivity contribution is 0.292. The minimum Gasteiger partial charge on any atom is -0.463 e. The monoisotopic (exact) mass is 269 g/mol. The number of thioether (sulfide) groups is 1. The van der Waals surface area contributed by atoms with Crippen molar-refractivity contribution in [2.45, 2.75) is 26.3 Å². The highest BCUT2D eigenvalue weighted by molar-refractivity contribution is 7.99. The summed E-state index contributed by atoms with van der Waals surface area (Å²) in [5.74, 6) is 3.01. The number of aromatic nitrogens is 3. The van der Waals surface area contributed by atoms with E-state index in [-0.39, 0.29) is 5.95 Å². The largest absolute Gasteiger partial charge is 0.463 e. The highest BCUT2D eigenvalue weighted by Crippen LogP contribution is 2.22. The maximum atomic E-state index is 5.71. The molecule has 1 aromatic rings. The van der Waals surface area contributed by atoms with E-state index < -0.39 is 0 Å². The van der Waals surface area contributed by atoms with Gasteiger partial charge in [-0.15, -0.1) is 0 Å². The topological polar surface area (TPSA) is 77.2 Å². The van der Waals surface area contributed by atoms with Crippen LogP contribution in [0.3, 0.4) is 0 Å².